The van der Waals surface area contributed by atoms with Crippen molar-refractivity contribution in [2.45, 2.75) is 156 Å². The Balaban J connectivity index is 4.56. The number of rotatable bonds is 26. The molecule has 6 heteroatoms. The molecule has 0 spiro atoms. The molecule has 36 heavy (non-hydrogen) atoms. The second kappa shape index (κ2) is 22.6. The molecular weight excluding hydrogens is 454 g/mol. The molecule has 0 aliphatic carbocycles. The largest absolute Gasteiger partial charge is 0.481 e. The number of carboxylic acid groups (broad SMARTS) is 2. The molecule has 0 aliphatic rings. The zero-order chi connectivity index (χ0) is 27.1. The van der Waals surface area contributed by atoms with E-state index in [1.807, 2.05) is 0 Å². The van der Waals surface area contributed by atoms with E-state index in [1.54, 1.807) is 0 Å². The zero-order valence-corrected chi connectivity index (χ0v) is 23.8. The number of carbonyl (C=O) groups is 3. The molecule has 0 fully saturated rings. The Morgan fingerprint density at radius 1 is 0.667 bits per heavy atom. The van der Waals surface area contributed by atoms with Crippen molar-refractivity contribution in [3.8, 4) is 0 Å². The number of carbonyl (C=O) groups excluding carboxylic acids is 1. The fourth-order valence-corrected chi connectivity index (χ4v) is 4.81. The highest BCUT2D eigenvalue weighted by atomic mass is 16.4. The van der Waals surface area contributed by atoms with Gasteiger partial charge in [-0.25, -0.2) is 0 Å². The Labute approximate surface area is 221 Å². The van der Waals surface area contributed by atoms with E-state index in [0.717, 1.165) is 77.0 Å². The molecule has 212 valence electrons. The molecule has 6 nitrogen and oxygen atoms in total. The molecule has 0 saturated carbocycles. The van der Waals surface area contributed by atoms with Crippen LogP contribution >= 0.6 is 0 Å². The Morgan fingerprint density at radius 3 is 1.47 bits per heavy atom. The summed E-state index contributed by atoms with van der Waals surface area (Å²) in [5.74, 6) is -1.53. The lowest BCUT2D eigenvalue weighted by atomic mass is 9.76. The van der Waals surface area contributed by atoms with Gasteiger partial charge >= 0.3 is 11.9 Å². The molecule has 0 aromatic carbocycles. The summed E-state index contributed by atoms with van der Waals surface area (Å²) in [7, 11) is 0. The Bertz CT molecular complexity index is 578. The summed E-state index contributed by atoms with van der Waals surface area (Å²) in [5, 5.41) is 21.8. The lowest BCUT2D eigenvalue weighted by Gasteiger charge is -2.29. The molecule has 3 N–H and O–H groups in total. The second-order valence-corrected chi connectivity index (χ2v) is 11.1. The summed E-state index contributed by atoms with van der Waals surface area (Å²) in [4.78, 5) is 36.1. The van der Waals surface area contributed by atoms with Crippen LogP contribution in [0.1, 0.15) is 156 Å². The summed E-state index contributed by atoms with van der Waals surface area (Å²) in [5.41, 5.74) is -1.31. The average Bonchev–Trinajstić information content (AvgIpc) is 2.82. The Kier molecular flexibility index (Phi) is 21.6. The molecule has 0 aromatic rings. The van der Waals surface area contributed by atoms with Gasteiger partial charge in [-0.2, -0.15) is 0 Å². The third kappa shape index (κ3) is 17.8. The monoisotopic (exact) mass is 511 g/mol. The first-order valence-electron chi connectivity index (χ1n) is 15.0. The number of unbranched alkanes of at least 4 members (excludes halogenated alkanes) is 15. The van der Waals surface area contributed by atoms with Crippen LogP contribution in [0.5, 0.6) is 0 Å². The lowest BCUT2D eigenvalue weighted by molar-refractivity contribution is -0.157. The number of amides is 1. The highest BCUT2D eigenvalue weighted by Crippen LogP contribution is 2.33. The molecule has 0 saturated heterocycles. The van der Waals surface area contributed by atoms with Gasteiger partial charge in [0.1, 0.15) is 5.41 Å². The molecule has 0 aromatic heterocycles. The van der Waals surface area contributed by atoms with Crippen LogP contribution in [0.25, 0.3) is 0 Å². The van der Waals surface area contributed by atoms with Crippen molar-refractivity contribution in [2.24, 2.45) is 11.3 Å². The van der Waals surface area contributed by atoms with Gasteiger partial charge in [-0.15, -0.1) is 0 Å². The first kappa shape index (κ1) is 34.4. The Hall–Kier alpha value is -1.59. The number of carboxylic acids is 2. The van der Waals surface area contributed by atoms with Crippen molar-refractivity contribution in [1.82, 2.24) is 5.32 Å². The van der Waals surface area contributed by atoms with Crippen LogP contribution in [-0.2, 0) is 14.4 Å². The van der Waals surface area contributed by atoms with E-state index in [1.165, 1.54) is 38.5 Å². The Morgan fingerprint density at radius 2 is 1.08 bits per heavy atom. The van der Waals surface area contributed by atoms with Gasteiger partial charge in [0.05, 0.1) is 0 Å². The number of aliphatic carboxylic acids is 2. The quantitative estimate of drug-likeness (QED) is 0.0803. The van der Waals surface area contributed by atoms with E-state index >= 15 is 0 Å². The van der Waals surface area contributed by atoms with Crippen molar-refractivity contribution < 1.29 is 24.6 Å². The summed E-state index contributed by atoms with van der Waals surface area (Å²) < 4.78 is 0. The van der Waals surface area contributed by atoms with Crippen LogP contribution in [0.15, 0.2) is 0 Å². The van der Waals surface area contributed by atoms with Gasteiger partial charge in [0.15, 0.2) is 0 Å². The van der Waals surface area contributed by atoms with Gasteiger partial charge in [0.25, 0.3) is 0 Å². The van der Waals surface area contributed by atoms with Gasteiger partial charge in [0, 0.05) is 13.0 Å². The van der Waals surface area contributed by atoms with Gasteiger partial charge in [-0.05, 0) is 31.6 Å². The highest BCUT2D eigenvalue weighted by molar-refractivity contribution is 6.01. The van der Waals surface area contributed by atoms with Gasteiger partial charge in [-0.1, -0.05) is 124 Å². The van der Waals surface area contributed by atoms with Crippen LogP contribution in [-0.4, -0.2) is 34.6 Å². The molecule has 0 heterocycles. The SMILES string of the molecule is CCCCCCCCCCCC(CCCCCCCCCCC(=O)O)(C(=O)O)C(=O)NCCC(C)C. The normalized spacial score (nSPS) is 13.0. The van der Waals surface area contributed by atoms with Crippen LogP contribution in [0.2, 0.25) is 0 Å². The van der Waals surface area contributed by atoms with E-state index in [0.29, 0.717) is 25.3 Å². The van der Waals surface area contributed by atoms with Gasteiger partial charge < -0.3 is 15.5 Å². The minimum atomic E-state index is -1.31. The number of hydrogen-bond acceptors (Lipinski definition) is 3. The number of nitrogens with one attached hydrogen (secondary N) is 1. The van der Waals surface area contributed by atoms with Crippen molar-refractivity contribution in [2.75, 3.05) is 6.54 Å². The maximum absolute atomic E-state index is 13.1. The maximum atomic E-state index is 13.1. The predicted octanol–water partition coefficient (Wildman–Crippen LogP) is 8.13. The van der Waals surface area contributed by atoms with E-state index in [9.17, 15) is 19.5 Å². The summed E-state index contributed by atoms with van der Waals surface area (Å²) in [6, 6.07) is 0. The molecule has 0 radical (unpaired) electrons. The predicted molar refractivity (Wildman–Crippen MR) is 148 cm³/mol. The minimum absolute atomic E-state index is 0.245. The molecule has 0 aliphatic heterocycles. The zero-order valence-electron chi connectivity index (χ0n) is 23.8. The number of hydrogen-bond donors (Lipinski definition) is 3. The summed E-state index contributed by atoms with van der Waals surface area (Å²) in [6.45, 7) is 6.96. The first-order chi connectivity index (χ1) is 17.3. The standard InChI is InChI=1S/C30H57NO5/c1-4-5-6-7-8-10-13-16-19-23-30(29(35)36,28(34)31-25-22-26(2)3)24-20-17-14-11-9-12-15-18-21-27(32)33/h26H,4-25H2,1-3H3,(H,31,34)(H,32,33)(H,35,36). The fraction of sp³-hybridized carbons (Fsp3) is 0.900. The summed E-state index contributed by atoms with van der Waals surface area (Å²) >= 11 is 0. The average molecular weight is 512 g/mol. The molecule has 0 bridgehead atoms. The maximum Gasteiger partial charge on any atom is 0.319 e. The van der Waals surface area contributed by atoms with E-state index in [-0.39, 0.29) is 12.3 Å². The van der Waals surface area contributed by atoms with Crippen molar-refractivity contribution in [3.63, 3.8) is 0 Å². The van der Waals surface area contributed by atoms with Crippen molar-refractivity contribution in [3.05, 3.63) is 0 Å². The topological polar surface area (TPSA) is 104 Å². The van der Waals surface area contributed by atoms with Gasteiger partial charge in [-0.3, -0.25) is 14.4 Å². The van der Waals surface area contributed by atoms with Crippen molar-refractivity contribution >= 4 is 17.8 Å². The van der Waals surface area contributed by atoms with E-state index in [4.69, 9.17) is 5.11 Å². The summed E-state index contributed by atoms with van der Waals surface area (Å²) in [6.07, 6.45) is 20.0. The molecule has 1 atom stereocenters. The van der Waals surface area contributed by atoms with Crippen LogP contribution in [0.3, 0.4) is 0 Å². The van der Waals surface area contributed by atoms with E-state index in [2.05, 4.69) is 26.1 Å². The van der Waals surface area contributed by atoms with Gasteiger partial charge in [0.2, 0.25) is 5.91 Å². The van der Waals surface area contributed by atoms with Crippen LogP contribution < -0.4 is 5.32 Å². The van der Waals surface area contributed by atoms with E-state index < -0.39 is 17.4 Å². The first-order valence-corrected chi connectivity index (χ1v) is 15.0. The smallest absolute Gasteiger partial charge is 0.319 e. The highest BCUT2D eigenvalue weighted by Gasteiger charge is 2.44. The van der Waals surface area contributed by atoms with Crippen LogP contribution in [0, 0.1) is 11.3 Å². The fourth-order valence-electron chi connectivity index (χ4n) is 4.81. The lowest BCUT2D eigenvalue weighted by Crippen LogP contribution is -2.47. The molecule has 1 unspecified atom stereocenters. The third-order valence-electron chi connectivity index (χ3n) is 7.30. The molecule has 0 rings (SSSR count). The second-order valence-electron chi connectivity index (χ2n) is 11.1. The molecule has 1 amide bonds. The minimum Gasteiger partial charge on any atom is -0.481 e. The van der Waals surface area contributed by atoms with Crippen LogP contribution in [0.4, 0.5) is 0 Å². The molecular formula is C30H57NO5. The third-order valence-corrected chi connectivity index (χ3v) is 7.30. The van der Waals surface area contributed by atoms with Crippen molar-refractivity contribution in [1.29, 1.82) is 0 Å².